The summed E-state index contributed by atoms with van der Waals surface area (Å²) in [6.07, 6.45) is 5.03. The molecule has 1 aromatic carbocycles. The van der Waals surface area contributed by atoms with Gasteiger partial charge in [0.25, 0.3) is 5.91 Å². The predicted molar refractivity (Wildman–Crippen MR) is 75.2 cm³/mol. The van der Waals surface area contributed by atoms with Gasteiger partial charge in [-0.25, -0.2) is 8.78 Å². The van der Waals surface area contributed by atoms with E-state index in [1.165, 1.54) is 13.8 Å². The van der Waals surface area contributed by atoms with Crippen molar-refractivity contribution in [2.45, 2.75) is 52.0 Å². The Balaban J connectivity index is 2.30. The van der Waals surface area contributed by atoms with Crippen LogP contribution in [0.5, 0.6) is 0 Å². The molecule has 0 unspecified atom stereocenters. The molecule has 2 rings (SSSR count). The quantitative estimate of drug-likeness (QED) is 0.811. The zero-order valence-corrected chi connectivity index (χ0v) is 12.4. The van der Waals surface area contributed by atoms with Gasteiger partial charge in [-0.3, -0.25) is 4.79 Å². The number of carbonyl (C=O) groups is 1. The van der Waals surface area contributed by atoms with Crippen LogP contribution in [0.25, 0.3) is 0 Å². The summed E-state index contributed by atoms with van der Waals surface area (Å²) in [5.41, 5.74) is 0.0518. The molecule has 0 spiro atoms. The van der Waals surface area contributed by atoms with Crippen molar-refractivity contribution < 1.29 is 13.6 Å². The second kappa shape index (κ2) is 6.08. The van der Waals surface area contributed by atoms with Crippen LogP contribution in [-0.2, 0) is 0 Å². The molecule has 1 amide bonds. The van der Waals surface area contributed by atoms with Gasteiger partial charge in [0.1, 0.15) is 0 Å². The molecule has 0 heterocycles. The molecule has 5 heteroatoms. The van der Waals surface area contributed by atoms with Crippen molar-refractivity contribution in [3.05, 3.63) is 33.3 Å². The van der Waals surface area contributed by atoms with Crippen LogP contribution in [0.15, 0.2) is 0 Å². The first kappa shape index (κ1) is 15.2. The number of hydrogen-bond donors (Lipinski definition) is 1. The first-order valence-corrected chi connectivity index (χ1v) is 7.25. The van der Waals surface area contributed by atoms with Crippen molar-refractivity contribution in [3.63, 3.8) is 0 Å². The van der Waals surface area contributed by atoms with Gasteiger partial charge in [0.05, 0.1) is 10.6 Å². The third-order valence-corrected chi connectivity index (χ3v) is 4.51. The number of amides is 1. The Bertz CT molecular complexity index is 510. The third-order valence-electron chi connectivity index (χ3n) is 3.94. The minimum absolute atomic E-state index is 0.0379. The molecular weight excluding hydrogens is 284 g/mol. The summed E-state index contributed by atoms with van der Waals surface area (Å²) in [7, 11) is 0. The van der Waals surface area contributed by atoms with Gasteiger partial charge in [-0.2, -0.15) is 0 Å². The van der Waals surface area contributed by atoms with Crippen LogP contribution in [0.2, 0.25) is 5.02 Å². The molecule has 1 aliphatic carbocycles. The van der Waals surface area contributed by atoms with Crippen LogP contribution in [0.3, 0.4) is 0 Å². The fourth-order valence-corrected chi connectivity index (χ4v) is 2.88. The van der Waals surface area contributed by atoms with E-state index < -0.39 is 17.5 Å². The summed E-state index contributed by atoms with van der Waals surface area (Å²) in [4.78, 5) is 12.2. The number of benzene rings is 1. The Hall–Kier alpha value is -1.16. The molecular formula is C15H18ClF2NO. The van der Waals surface area contributed by atoms with Crippen LogP contribution < -0.4 is 5.32 Å². The molecule has 0 bridgehead atoms. The highest BCUT2D eigenvalue weighted by molar-refractivity contribution is 6.32. The van der Waals surface area contributed by atoms with Crippen LogP contribution in [0.1, 0.15) is 53.6 Å². The fraction of sp³-hybridized carbons (Fsp3) is 0.533. The molecule has 1 aliphatic rings. The first-order chi connectivity index (χ1) is 9.43. The van der Waals surface area contributed by atoms with Crippen molar-refractivity contribution in [2.24, 2.45) is 0 Å². The Morgan fingerprint density at radius 1 is 1.10 bits per heavy atom. The van der Waals surface area contributed by atoms with Gasteiger partial charge >= 0.3 is 0 Å². The Morgan fingerprint density at radius 2 is 1.70 bits per heavy atom. The minimum Gasteiger partial charge on any atom is -0.349 e. The van der Waals surface area contributed by atoms with Crippen LogP contribution in [0, 0.1) is 25.5 Å². The largest absolute Gasteiger partial charge is 0.349 e. The Morgan fingerprint density at radius 3 is 2.30 bits per heavy atom. The van der Waals surface area contributed by atoms with E-state index in [1.807, 2.05) is 0 Å². The number of carbonyl (C=O) groups excluding carboxylic acids is 1. The zero-order valence-electron chi connectivity index (χ0n) is 11.7. The van der Waals surface area contributed by atoms with E-state index in [0.29, 0.717) is 0 Å². The smallest absolute Gasteiger partial charge is 0.254 e. The average Bonchev–Trinajstić information content (AvgIpc) is 2.44. The van der Waals surface area contributed by atoms with Gasteiger partial charge in [0.15, 0.2) is 11.6 Å². The molecule has 0 saturated heterocycles. The van der Waals surface area contributed by atoms with Crippen molar-refractivity contribution in [1.29, 1.82) is 0 Å². The van der Waals surface area contributed by atoms with Crippen molar-refractivity contribution in [3.8, 4) is 0 Å². The Kier molecular flexibility index (Phi) is 4.63. The standard InChI is InChI=1S/C15H18ClF2NO/c1-8-11(14(18)13(17)9(2)12(8)16)15(20)19-10-6-4-3-5-7-10/h10H,3-7H2,1-2H3,(H,19,20). The van der Waals surface area contributed by atoms with Gasteiger partial charge in [-0.05, 0) is 32.3 Å². The van der Waals surface area contributed by atoms with E-state index in [4.69, 9.17) is 11.6 Å². The molecule has 2 nitrogen and oxygen atoms in total. The number of nitrogens with one attached hydrogen (secondary N) is 1. The lowest BCUT2D eigenvalue weighted by Crippen LogP contribution is -2.37. The van der Waals surface area contributed by atoms with Gasteiger partial charge < -0.3 is 5.32 Å². The summed E-state index contributed by atoms with van der Waals surface area (Å²) in [6.45, 7) is 2.93. The van der Waals surface area contributed by atoms with Crippen molar-refractivity contribution in [1.82, 2.24) is 5.32 Å². The first-order valence-electron chi connectivity index (χ1n) is 6.88. The molecule has 1 saturated carbocycles. The molecule has 0 aromatic heterocycles. The number of rotatable bonds is 2. The second-order valence-electron chi connectivity index (χ2n) is 5.38. The lowest BCUT2D eigenvalue weighted by molar-refractivity contribution is 0.0922. The van der Waals surface area contributed by atoms with Gasteiger partial charge in [-0.1, -0.05) is 30.9 Å². The molecule has 1 fully saturated rings. The van der Waals surface area contributed by atoms with E-state index in [2.05, 4.69) is 5.32 Å². The van der Waals surface area contributed by atoms with E-state index in [-0.39, 0.29) is 27.8 Å². The summed E-state index contributed by atoms with van der Waals surface area (Å²) < 4.78 is 27.7. The van der Waals surface area contributed by atoms with Crippen LogP contribution in [0.4, 0.5) is 8.78 Å². The lowest BCUT2D eigenvalue weighted by atomic mass is 9.95. The normalized spacial score (nSPS) is 16.2. The zero-order chi connectivity index (χ0) is 14.9. The van der Waals surface area contributed by atoms with Gasteiger partial charge in [0, 0.05) is 11.6 Å². The monoisotopic (exact) mass is 301 g/mol. The summed E-state index contributed by atoms with van der Waals surface area (Å²) in [6, 6.07) is 0.0400. The highest BCUT2D eigenvalue weighted by Crippen LogP contribution is 2.29. The second-order valence-corrected chi connectivity index (χ2v) is 5.75. The highest BCUT2D eigenvalue weighted by atomic mass is 35.5. The molecule has 0 atom stereocenters. The maximum atomic E-state index is 14.0. The lowest BCUT2D eigenvalue weighted by Gasteiger charge is -2.23. The molecule has 20 heavy (non-hydrogen) atoms. The van der Waals surface area contributed by atoms with E-state index in [0.717, 1.165) is 32.1 Å². The van der Waals surface area contributed by atoms with Gasteiger partial charge in [-0.15, -0.1) is 0 Å². The molecule has 0 aliphatic heterocycles. The topological polar surface area (TPSA) is 29.1 Å². The molecule has 0 radical (unpaired) electrons. The van der Waals surface area contributed by atoms with E-state index in [9.17, 15) is 13.6 Å². The maximum Gasteiger partial charge on any atom is 0.254 e. The summed E-state index contributed by atoms with van der Waals surface area (Å²) >= 11 is 5.96. The molecule has 110 valence electrons. The van der Waals surface area contributed by atoms with Crippen molar-refractivity contribution >= 4 is 17.5 Å². The van der Waals surface area contributed by atoms with Gasteiger partial charge in [0.2, 0.25) is 0 Å². The van der Waals surface area contributed by atoms with Crippen molar-refractivity contribution in [2.75, 3.05) is 0 Å². The van der Waals surface area contributed by atoms with E-state index >= 15 is 0 Å². The SMILES string of the molecule is Cc1c(F)c(F)c(C(=O)NC2CCCCC2)c(C)c1Cl. The van der Waals surface area contributed by atoms with Crippen LogP contribution in [-0.4, -0.2) is 11.9 Å². The summed E-state index contributed by atoms with van der Waals surface area (Å²) in [5, 5.41) is 2.90. The van der Waals surface area contributed by atoms with E-state index in [1.54, 1.807) is 0 Å². The number of halogens is 3. The Labute approximate surface area is 122 Å². The molecule has 1 N–H and O–H groups in total. The molecule has 1 aromatic rings. The fourth-order valence-electron chi connectivity index (χ4n) is 2.70. The number of hydrogen-bond acceptors (Lipinski definition) is 1. The third kappa shape index (κ3) is 2.80. The minimum atomic E-state index is -1.11. The maximum absolute atomic E-state index is 14.0. The average molecular weight is 302 g/mol. The highest BCUT2D eigenvalue weighted by Gasteiger charge is 2.25. The predicted octanol–water partition coefficient (Wildman–Crippen LogP) is 4.30. The van der Waals surface area contributed by atoms with Crippen LogP contribution >= 0.6 is 11.6 Å². The summed E-state index contributed by atoms with van der Waals surface area (Å²) in [5.74, 6) is -2.74.